The molecule has 17 heavy (non-hydrogen) atoms. The summed E-state index contributed by atoms with van der Waals surface area (Å²) in [6, 6.07) is 6.17. The van der Waals surface area contributed by atoms with Crippen molar-refractivity contribution in [1.82, 2.24) is 0 Å². The molecule has 1 saturated heterocycles. The van der Waals surface area contributed by atoms with Crippen LogP contribution in [-0.4, -0.2) is 26.6 Å². The predicted molar refractivity (Wildman–Crippen MR) is 74.1 cm³/mol. The molecule has 2 rings (SSSR count). The monoisotopic (exact) mass is 272 g/mol. The SMILES string of the molecule is CC1SCC(C(O)c2ccc(F)cc2)SC1C. The van der Waals surface area contributed by atoms with Gasteiger partial charge in [-0.2, -0.15) is 23.5 Å². The summed E-state index contributed by atoms with van der Waals surface area (Å²) in [5, 5.41) is 11.7. The summed E-state index contributed by atoms with van der Waals surface area (Å²) in [7, 11) is 0. The number of hydrogen-bond donors (Lipinski definition) is 1. The first-order valence-electron chi connectivity index (χ1n) is 5.78. The molecule has 0 saturated carbocycles. The third-order valence-electron chi connectivity index (χ3n) is 3.14. The van der Waals surface area contributed by atoms with Crippen LogP contribution in [0.4, 0.5) is 4.39 Å². The van der Waals surface area contributed by atoms with Gasteiger partial charge in [-0.25, -0.2) is 4.39 Å². The van der Waals surface area contributed by atoms with Gasteiger partial charge in [-0.3, -0.25) is 0 Å². The Balaban J connectivity index is 2.05. The minimum atomic E-state index is -0.497. The Morgan fingerprint density at radius 3 is 2.47 bits per heavy atom. The van der Waals surface area contributed by atoms with Crippen LogP contribution in [0.5, 0.6) is 0 Å². The Bertz CT molecular complexity index is 368. The van der Waals surface area contributed by atoms with Crippen LogP contribution in [0.15, 0.2) is 24.3 Å². The molecular formula is C13H17FOS2. The van der Waals surface area contributed by atoms with E-state index >= 15 is 0 Å². The highest BCUT2D eigenvalue weighted by Gasteiger charge is 2.30. The molecule has 4 unspecified atom stereocenters. The lowest BCUT2D eigenvalue weighted by molar-refractivity contribution is 0.180. The van der Waals surface area contributed by atoms with Crippen molar-refractivity contribution in [2.75, 3.05) is 5.75 Å². The number of halogens is 1. The van der Waals surface area contributed by atoms with E-state index in [-0.39, 0.29) is 11.1 Å². The molecule has 0 spiro atoms. The average molecular weight is 272 g/mol. The molecule has 1 aromatic rings. The molecule has 0 aliphatic carbocycles. The Morgan fingerprint density at radius 1 is 1.24 bits per heavy atom. The quantitative estimate of drug-likeness (QED) is 0.890. The molecule has 0 amide bonds. The van der Waals surface area contributed by atoms with E-state index in [0.29, 0.717) is 10.5 Å². The lowest BCUT2D eigenvalue weighted by atomic mass is 10.1. The molecule has 1 aliphatic heterocycles. The Kier molecular flexibility index (Phi) is 4.39. The van der Waals surface area contributed by atoms with Gasteiger partial charge in [0.2, 0.25) is 0 Å². The van der Waals surface area contributed by atoms with Gasteiger partial charge in [0.25, 0.3) is 0 Å². The molecule has 4 heteroatoms. The summed E-state index contributed by atoms with van der Waals surface area (Å²) in [5.41, 5.74) is 0.811. The van der Waals surface area contributed by atoms with Gasteiger partial charge in [0, 0.05) is 21.5 Å². The maximum atomic E-state index is 12.8. The van der Waals surface area contributed by atoms with Gasteiger partial charge < -0.3 is 5.11 Å². The van der Waals surface area contributed by atoms with E-state index in [2.05, 4.69) is 13.8 Å². The number of hydrogen-bond acceptors (Lipinski definition) is 3. The van der Waals surface area contributed by atoms with Crippen molar-refractivity contribution in [2.45, 2.75) is 35.7 Å². The molecule has 1 N–H and O–H groups in total. The second-order valence-electron chi connectivity index (χ2n) is 4.41. The van der Waals surface area contributed by atoms with E-state index in [9.17, 15) is 9.50 Å². The predicted octanol–water partition coefficient (Wildman–Crippen LogP) is 3.48. The Labute approximate surface area is 110 Å². The van der Waals surface area contributed by atoms with E-state index in [1.165, 1.54) is 12.1 Å². The maximum absolute atomic E-state index is 12.8. The van der Waals surface area contributed by atoms with Crippen LogP contribution in [0.1, 0.15) is 25.5 Å². The Morgan fingerprint density at radius 2 is 1.88 bits per heavy atom. The van der Waals surface area contributed by atoms with Gasteiger partial charge in [-0.05, 0) is 17.7 Å². The molecule has 4 atom stereocenters. The van der Waals surface area contributed by atoms with Crippen LogP contribution in [0.3, 0.4) is 0 Å². The number of rotatable bonds is 2. The van der Waals surface area contributed by atoms with Crippen LogP contribution >= 0.6 is 23.5 Å². The van der Waals surface area contributed by atoms with E-state index in [1.807, 2.05) is 23.5 Å². The summed E-state index contributed by atoms with van der Waals surface area (Å²) in [6.07, 6.45) is -0.497. The lowest BCUT2D eigenvalue weighted by Crippen LogP contribution is -2.30. The van der Waals surface area contributed by atoms with Crippen molar-refractivity contribution in [2.24, 2.45) is 0 Å². The number of aliphatic hydroxyl groups is 1. The first kappa shape index (κ1) is 13.2. The van der Waals surface area contributed by atoms with Gasteiger partial charge in [-0.1, -0.05) is 26.0 Å². The molecule has 1 aromatic carbocycles. The second kappa shape index (κ2) is 5.63. The molecule has 1 heterocycles. The van der Waals surface area contributed by atoms with Gasteiger partial charge in [0.1, 0.15) is 5.82 Å². The standard InChI is InChI=1S/C13H17FOS2/c1-8-9(2)17-12(7-16-8)13(15)10-3-5-11(14)6-4-10/h3-6,8-9,12-13,15H,7H2,1-2H3. The van der Waals surface area contributed by atoms with Crippen LogP contribution in [0.25, 0.3) is 0 Å². The average Bonchev–Trinajstić information content (AvgIpc) is 2.33. The number of aliphatic hydroxyl groups excluding tert-OH is 1. The van der Waals surface area contributed by atoms with Crippen molar-refractivity contribution in [3.8, 4) is 0 Å². The fourth-order valence-corrected chi connectivity index (χ4v) is 4.85. The third kappa shape index (κ3) is 3.18. The molecular weight excluding hydrogens is 255 g/mol. The summed E-state index contributed by atoms with van der Waals surface area (Å²) in [5.74, 6) is 0.697. The highest BCUT2D eigenvalue weighted by Crippen LogP contribution is 2.40. The molecule has 1 nitrogen and oxygen atoms in total. The van der Waals surface area contributed by atoms with Crippen molar-refractivity contribution >= 4 is 23.5 Å². The molecule has 0 aromatic heterocycles. The van der Waals surface area contributed by atoms with Crippen LogP contribution in [-0.2, 0) is 0 Å². The molecule has 0 bridgehead atoms. The van der Waals surface area contributed by atoms with Crippen LogP contribution in [0, 0.1) is 5.82 Å². The first-order valence-corrected chi connectivity index (χ1v) is 7.77. The van der Waals surface area contributed by atoms with Crippen molar-refractivity contribution in [3.63, 3.8) is 0 Å². The molecule has 0 radical (unpaired) electrons. The maximum Gasteiger partial charge on any atom is 0.123 e. The number of thioether (sulfide) groups is 2. The van der Waals surface area contributed by atoms with E-state index in [1.54, 1.807) is 12.1 Å². The Hall–Kier alpha value is -0.190. The second-order valence-corrected chi connectivity index (χ2v) is 7.45. The summed E-state index contributed by atoms with van der Waals surface area (Å²) < 4.78 is 12.8. The fourth-order valence-electron chi connectivity index (χ4n) is 1.85. The van der Waals surface area contributed by atoms with Crippen molar-refractivity contribution in [1.29, 1.82) is 0 Å². The first-order chi connectivity index (χ1) is 8.08. The molecule has 1 fully saturated rings. The van der Waals surface area contributed by atoms with Crippen molar-refractivity contribution < 1.29 is 9.50 Å². The topological polar surface area (TPSA) is 20.2 Å². The molecule has 94 valence electrons. The zero-order valence-electron chi connectivity index (χ0n) is 9.97. The van der Waals surface area contributed by atoms with E-state index in [4.69, 9.17) is 0 Å². The van der Waals surface area contributed by atoms with Gasteiger partial charge in [0.15, 0.2) is 0 Å². The fraction of sp³-hybridized carbons (Fsp3) is 0.538. The summed E-state index contributed by atoms with van der Waals surface area (Å²) >= 11 is 3.74. The molecule has 1 aliphatic rings. The lowest BCUT2D eigenvalue weighted by Gasteiger charge is -2.33. The highest BCUT2D eigenvalue weighted by atomic mass is 32.2. The summed E-state index contributed by atoms with van der Waals surface area (Å²) in [4.78, 5) is 0. The van der Waals surface area contributed by atoms with Crippen molar-refractivity contribution in [3.05, 3.63) is 35.6 Å². The normalized spacial score (nSPS) is 31.2. The third-order valence-corrected chi connectivity index (χ3v) is 6.62. The highest BCUT2D eigenvalue weighted by molar-refractivity contribution is 8.07. The van der Waals surface area contributed by atoms with Gasteiger partial charge in [-0.15, -0.1) is 0 Å². The van der Waals surface area contributed by atoms with Crippen LogP contribution in [0.2, 0.25) is 0 Å². The zero-order valence-corrected chi connectivity index (χ0v) is 11.6. The largest absolute Gasteiger partial charge is 0.387 e. The minimum Gasteiger partial charge on any atom is -0.387 e. The van der Waals surface area contributed by atoms with E-state index in [0.717, 1.165) is 11.3 Å². The van der Waals surface area contributed by atoms with Crippen LogP contribution < -0.4 is 0 Å². The van der Waals surface area contributed by atoms with Gasteiger partial charge >= 0.3 is 0 Å². The smallest absolute Gasteiger partial charge is 0.123 e. The summed E-state index contributed by atoms with van der Waals surface area (Å²) in [6.45, 7) is 4.43. The van der Waals surface area contributed by atoms with E-state index < -0.39 is 6.10 Å². The minimum absolute atomic E-state index is 0.205. The van der Waals surface area contributed by atoms with Gasteiger partial charge in [0.05, 0.1) is 6.10 Å². The zero-order chi connectivity index (χ0) is 12.4. The number of benzene rings is 1.